The van der Waals surface area contributed by atoms with Crippen LogP contribution in [0, 0.1) is 13.8 Å². The summed E-state index contributed by atoms with van der Waals surface area (Å²) in [5.74, 6) is 0. The van der Waals surface area contributed by atoms with Gasteiger partial charge in [0.05, 0.1) is 5.69 Å². The Morgan fingerprint density at radius 3 is 1.41 bits per heavy atom. The Hall–Kier alpha value is -7.56. The van der Waals surface area contributed by atoms with Gasteiger partial charge in [-0.1, -0.05) is 221 Å². The predicted octanol–water partition coefficient (Wildman–Crippen LogP) is 20.7. The Morgan fingerprint density at radius 1 is 0.407 bits per heavy atom. The molecule has 0 bridgehead atoms. The molecule has 13 rings (SSSR count). The molecule has 2 aliphatic heterocycles. The van der Waals surface area contributed by atoms with Crippen LogP contribution in [0.2, 0.25) is 0 Å². The van der Waals surface area contributed by atoms with Crippen molar-refractivity contribution in [2.24, 2.45) is 0 Å². The lowest BCUT2D eigenvalue weighted by atomic mass is 9.33. The monoisotopic (exact) mass is 1130 g/mol. The fraction of sp³-hybridized carbons (Fsp3) is 0.341. The van der Waals surface area contributed by atoms with E-state index in [4.69, 9.17) is 0 Å². The van der Waals surface area contributed by atoms with Crippen LogP contribution in [0.1, 0.15) is 196 Å². The van der Waals surface area contributed by atoms with E-state index in [-0.39, 0.29) is 44.6 Å². The Balaban J connectivity index is 1.18. The molecule has 4 heteroatoms. The van der Waals surface area contributed by atoms with E-state index in [1.165, 1.54) is 61.1 Å². The first kappa shape index (κ1) is 53.9. The van der Waals surface area contributed by atoms with Crippen LogP contribution in [0.4, 0.5) is 51.2 Å². The molecule has 0 spiro atoms. The number of aryl methyl sites for hydroxylation is 2. The SMILES string of the molecule is [2H]C([2H])([2H])c1cc2c3c(c1)N(c1ccc(C(C)(C)C)cc1-c1ccccc1)c1cc(N(c4ccc(C(C)(C)C)cc4)c4ccc(C(C)(C)C)cc4)ccc1B3c1cc3c(cc1N2c1cc2c(cc1C)C(C)(C)CCC2(C)C)C(C)(C)c1ccccc1C3(C)C. The second-order valence-electron chi connectivity index (χ2n) is 31.3. The van der Waals surface area contributed by atoms with Crippen molar-refractivity contribution in [3.8, 4) is 11.1 Å². The standard InChI is InChI=1S/C82H90BN3/c1-51-43-73-75-74(44-51)86(70-49-64-63(45-52(70)2)79(12,13)41-42-80(64,14)15)72-50-66-65(81(16,17)61-27-23-24-28-62(61)82(66,18)19)48-68(72)83(75)67-39-38-59(47-71(67)85(73)69-40-33-56(78(9,10)11)46-60(69)53-25-21-20-22-26-53)84(57-34-29-54(30-35-57)76(3,4)5)58-36-31-55(32-37-58)77(6,7)8/h20-40,43-50H,41-42H2,1-19H3/i1D3. The van der Waals surface area contributed by atoms with Crippen molar-refractivity contribution in [1.82, 2.24) is 0 Å². The maximum atomic E-state index is 9.56. The van der Waals surface area contributed by atoms with Crippen molar-refractivity contribution >= 4 is 74.3 Å². The molecule has 436 valence electrons. The summed E-state index contributed by atoms with van der Waals surface area (Å²) >= 11 is 0. The van der Waals surface area contributed by atoms with Gasteiger partial charge < -0.3 is 14.7 Å². The van der Waals surface area contributed by atoms with Crippen molar-refractivity contribution in [2.75, 3.05) is 14.7 Å². The molecular weight excluding hydrogens is 1040 g/mol. The van der Waals surface area contributed by atoms with Gasteiger partial charge in [0.25, 0.3) is 6.71 Å². The van der Waals surface area contributed by atoms with Crippen LogP contribution in [0.25, 0.3) is 11.1 Å². The van der Waals surface area contributed by atoms with Crippen molar-refractivity contribution in [3.63, 3.8) is 0 Å². The number of anilines is 9. The molecule has 4 aliphatic rings. The Labute approximate surface area is 520 Å². The third kappa shape index (κ3) is 9.12. The lowest BCUT2D eigenvalue weighted by Gasteiger charge is -2.49. The minimum absolute atomic E-state index is 0.00907. The minimum Gasteiger partial charge on any atom is -0.311 e. The molecule has 9 aromatic carbocycles. The second-order valence-corrected chi connectivity index (χ2v) is 31.3. The van der Waals surface area contributed by atoms with E-state index in [0.717, 1.165) is 86.1 Å². The van der Waals surface area contributed by atoms with E-state index < -0.39 is 6.85 Å². The van der Waals surface area contributed by atoms with E-state index in [9.17, 15) is 4.11 Å². The molecule has 0 fully saturated rings. The highest BCUT2D eigenvalue weighted by atomic mass is 15.2. The van der Waals surface area contributed by atoms with Gasteiger partial charge in [-0.15, -0.1) is 0 Å². The molecule has 0 N–H and O–H groups in total. The Bertz CT molecular complexity index is 4260. The molecule has 0 unspecified atom stereocenters. The zero-order valence-corrected chi connectivity index (χ0v) is 54.6. The first-order chi connectivity index (χ1) is 41.6. The normalized spacial score (nSPS) is 17.4. The molecule has 3 nitrogen and oxygen atoms in total. The van der Waals surface area contributed by atoms with Crippen molar-refractivity contribution in [3.05, 3.63) is 237 Å². The highest BCUT2D eigenvalue weighted by Crippen LogP contribution is 2.56. The van der Waals surface area contributed by atoms with Gasteiger partial charge >= 0.3 is 0 Å². The Kier molecular flexibility index (Phi) is 12.2. The van der Waals surface area contributed by atoms with Crippen LogP contribution in [-0.4, -0.2) is 6.71 Å². The predicted molar refractivity (Wildman–Crippen MR) is 372 cm³/mol. The number of benzene rings is 9. The summed E-state index contributed by atoms with van der Waals surface area (Å²) in [5, 5.41) is 0. The van der Waals surface area contributed by atoms with Gasteiger partial charge in [0.1, 0.15) is 0 Å². The van der Waals surface area contributed by atoms with Crippen LogP contribution >= 0.6 is 0 Å². The zero-order chi connectivity index (χ0) is 63.7. The largest absolute Gasteiger partial charge is 0.311 e. The summed E-state index contributed by atoms with van der Waals surface area (Å²) in [6, 6.07) is 66.5. The molecule has 0 radical (unpaired) electrons. The highest BCUT2D eigenvalue weighted by Gasteiger charge is 2.49. The van der Waals surface area contributed by atoms with Crippen molar-refractivity contribution in [2.45, 2.75) is 182 Å². The number of nitrogens with zero attached hydrogens (tertiary/aromatic N) is 3. The van der Waals surface area contributed by atoms with Crippen LogP contribution in [-0.2, 0) is 37.9 Å². The number of rotatable bonds is 6. The van der Waals surface area contributed by atoms with E-state index in [1.54, 1.807) is 0 Å². The fourth-order valence-electron chi connectivity index (χ4n) is 15.2. The highest BCUT2D eigenvalue weighted by molar-refractivity contribution is 7.00. The average Bonchev–Trinajstić information content (AvgIpc) is 1.65. The van der Waals surface area contributed by atoms with Gasteiger partial charge in [-0.05, 0) is 210 Å². The van der Waals surface area contributed by atoms with Gasteiger partial charge in [-0.2, -0.15) is 0 Å². The van der Waals surface area contributed by atoms with E-state index in [0.29, 0.717) is 5.56 Å². The molecule has 0 saturated heterocycles. The molecule has 0 amide bonds. The zero-order valence-electron chi connectivity index (χ0n) is 57.6. The fourth-order valence-corrected chi connectivity index (χ4v) is 15.2. The minimum atomic E-state index is -2.46. The summed E-state index contributed by atoms with van der Waals surface area (Å²) < 4.78 is 28.7. The second kappa shape index (κ2) is 19.5. The van der Waals surface area contributed by atoms with E-state index >= 15 is 0 Å². The third-order valence-electron chi connectivity index (χ3n) is 20.7. The molecule has 2 heterocycles. The first-order valence-corrected chi connectivity index (χ1v) is 31.7. The quantitative estimate of drug-likeness (QED) is 0.154. The smallest absolute Gasteiger partial charge is 0.252 e. The number of hydrogen-bond acceptors (Lipinski definition) is 3. The van der Waals surface area contributed by atoms with Crippen LogP contribution in [0.3, 0.4) is 0 Å². The summed E-state index contributed by atoms with van der Waals surface area (Å²) in [4.78, 5) is 7.38. The molecule has 0 aromatic heterocycles. The lowest BCUT2D eigenvalue weighted by Crippen LogP contribution is -2.62. The number of hydrogen-bond donors (Lipinski definition) is 0. The molecule has 0 saturated carbocycles. The summed E-state index contributed by atoms with van der Waals surface area (Å²) in [7, 11) is 0. The maximum absolute atomic E-state index is 9.56. The lowest BCUT2D eigenvalue weighted by molar-refractivity contribution is 0.332. The van der Waals surface area contributed by atoms with Gasteiger partial charge in [0.2, 0.25) is 0 Å². The first-order valence-electron chi connectivity index (χ1n) is 33.2. The summed E-state index contributed by atoms with van der Waals surface area (Å²) in [6.45, 7) is 39.3. The van der Waals surface area contributed by atoms with Gasteiger partial charge in [-0.3, -0.25) is 0 Å². The van der Waals surface area contributed by atoms with Gasteiger partial charge in [-0.25, -0.2) is 0 Å². The molecule has 2 aliphatic carbocycles. The number of fused-ring (bicyclic) bond motifs is 7. The third-order valence-corrected chi connectivity index (χ3v) is 20.7. The Morgan fingerprint density at radius 2 is 0.872 bits per heavy atom. The van der Waals surface area contributed by atoms with E-state index in [1.807, 2.05) is 12.1 Å². The molecule has 0 atom stereocenters. The maximum Gasteiger partial charge on any atom is 0.252 e. The van der Waals surface area contributed by atoms with Crippen LogP contribution in [0.5, 0.6) is 0 Å². The van der Waals surface area contributed by atoms with E-state index in [2.05, 4.69) is 303 Å². The molecular formula is C82H90BN3. The van der Waals surface area contributed by atoms with Gasteiger partial charge in [0.15, 0.2) is 0 Å². The van der Waals surface area contributed by atoms with Crippen LogP contribution < -0.4 is 31.1 Å². The summed E-state index contributed by atoms with van der Waals surface area (Å²) in [5.41, 5.74) is 27.0. The molecule has 9 aromatic rings. The summed E-state index contributed by atoms with van der Waals surface area (Å²) in [6.07, 6.45) is 2.18. The topological polar surface area (TPSA) is 9.72 Å². The molecule has 86 heavy (non-hydrogen) atoms. The average molecular weight is 1130 g/mol. The van der Waals surface area contributed by atoms with Crippen molar-refractivity contribution in [1.29, 1.82) is 0 Å². The van der Waals surface area contributed by atoms with Gasteiger partial charge in [0, 0.05) is 66.0 Å². The van der Waals surface area contributed by atoms with Crippen LogP contribution in [0.15, 0.2) is 176 Å². The van der Waals surface area contributed by atoms with Crippen molar-refractivity contribution < 1.29 is 4.11 Å².